The van der Waals surface area contributed by atoms with Gasteiger partial charge >= 0.3 is 0 Å². The Labute approximate surface area is 57.7 Å². The summed E-state index contributed by atoms with van der Waals surface area (Å²) >= 11 is 0. The van der Waals surface area contributed by atoms with Gasteiger partial charge in [-0.1, -0.05) is 14.4 Å². The third-order valence-electron chi connectivity index (χ3n) is 1.01. The average molecular weight is 153 g/mol. The Kier molecular flexibility index (Phi) is 4.99. The quantitative estimate of drug-likeness (QED) is 0.580. The Morgan fingerprint density at radius 3 is 1.78 bits per heavy atom. The second-order valence-corrected chi connectivity index (χ2v) is 3.77. The molecule has 0 amide bonds. The number of sulfonamides is 1. The first-order chi connectivity index (χ1) is 3.48. The molecule has 0 saturated carbocycles. The maximum atomic E-state index is 10.5. The Hall–Kier alpha value is -0.0900. The highest BCUT2D eigenvalue weighted by Crippen LogP contribution is 1.88. The topological polar surface area (TPSA) is 37.4 Å². The Morgan fingerprint density at radius 2 is 1.78 bits per heavy atom. The van der Waals surface area contributed by atoms with Crippen LogP contribution in [0, 0.1) is 0 Å². The maximum Gasteiger partial charge on any atom is 0.210 e. The first kappa shape index (κ1) is 11.7. The van der Waals surface area contributed by atoms with Crippen molar-refractivity contribution in [2.24, 2.45) is 0 Å². The van der Waals surface area contributed by atoms with Crippen molar-refractivity contribution in [2.75, 3.05) is 19.8 Å². The molecular formula is C5H15NO2S. The van der Waals surface area contributed by atoms with Gasteiger partial charge < -0.3 is 0 Å². The molecule has 0 N–H and O–H groups in total. The second-order valence-electron chi connectivity index (χ2n) is 1.68. The number of hydrogen-bond donors (Lipinski definition) is 0. The van der Waals surface area contributed by atoms with E-state index in [2.05, 4.69) is 0 Å². The summed E-state index contributed by atoms with van der Waals surface area (Å²) in [4.78, 5) is 0. The molecule has 0 aliphatic carbocycles. The van der Waals surface area contributed by atoms with E-state index in [4.69, 9.17) is 0 Å². The minimum atomic E-state index is -2.92. The monoisotopic (exact) mass is 153 g/mol. The molecular weight excluding hydrogens is 138 g/mol. The number of rotatable bonds is 2. The largest absolute Gasteiger partial charge is 0.213 e. The smallest absolute Gasteiger partial charge is 0.210 e. The van der Waals surface area contributed by atoms with Crippen LogP contribution >= 0.6 is 0 Å². The van der Waals surface area contributed by atoms with Gasteiger partial charge in [0.1, 0.15) is 0 Å². The van der Waals surface area contributed by atoms with Gasteiger partial charge in [-0.05, 0) is 0 Å². The zero-order chi connectivity index (χ0) is 6.78. The van der Waals surface area contributed by atoms with Gasteiger partial charge in [0.2, 0.25) is 10.0 Å². The molecule has 0 heterocycles. The highest BCUT2D eigenvalue weighted by Gasteiger charge is 2.05. The van der Waals surface area contributed by atoms with Gasteiger partial charge in [0.15, 0.2) is 0 Å². The summed E-state index contributed by atoms with van der Waals surface area (Å²) in [7, 11) is -1.37. The summed E-state index contributed by atoms with van der Waals surface area (Å²) in [5, 5.41) is 0. The summed E-state index contributed by atoms with van der Waals surface area (Å²) in [6.07, 6.45) is 1.19. The van der Waals surface area contributed by atoms with E-state index in [0.717, 1.165) is 0 Å². The molecule has 0 aromatic carbocycles. The SMILES string of the molecule is C.CCN(C)S(C)(=O)=O. The highest BCUT2D eigenvalue weighted by atomic mass is 32.2. The van der Waals surface area contributed by atoms with Crippen LogP contribution in [0.2, 0.25) is 0 Å². The van der Waals surface area contributed by atoms with Crippen molar-refractivity contribution in [2.45, 2.75) is 14.4 Å². The van der Waals surface area contributed by atoms with Crippen LogP contribution in [0.15, 0.2) is 0 Å². The molecule has 9 heavy (non-hydrogen) atoms. The lowest BCUT2D eigenvalue weighted by Gasteiger charge is -2.08. The van der Waals surface area contributed by atoms with Crippen molar-refractivity contribution in [1.29, 1.82) is 0 Å². The van der Waals surface area contributed by atoms with E-state index in [-0.39, 0.29) is 7.43 Å². The summed E-state index contributed by atoms with van der Waals surface area (Å²) in [5.41, 5.74) is 0. The third kappa shape index (κ3) is 4.42. The lowest BCUT2D eigenvalue weighted by molar-refractivity contribution is 0.492. The fourth-order valence-corrected chi connectivity index (χ4v) is 0.704. The molecule has 0 rings (SSSR count). The molecule has 0 bridgehead atoms. The van der Waals surface area contributed by atoms with Crippen LogP contribution < -0.4 is 0 Å². The van der Waals surface area contributed by atoms with Crippen LogP contribution in [0.4, 0.5) is 0 Å². The van der Waals surface area contributed by atoms with E-state index in [0.29, 0.717) is 6.54 Å². The molecule has 0 unspecified atom stereocenters. The van der Waals surface area contributed by atoms with Crippen molar-refractivity contribution in [1.82, 2.24) is 4.31 Å². The third-order valence-corrected chi connectivity index (χ3v) is 2.40. The van der Waals surface area contributed by atoms with Gasteiger partial charge in [-0.15, -0.1) is 0 Å². The van der Waals surface area contributed by atoms with Crippen LogP contribution in [-0.2, 0) is 10.0 Å². The van der Waals surface area contributed by atoms with E-state index in [9.17, 15) is 8.42 Å². The van der Waals surface area contributed by atoms with Crippen molar-refractivity contribution in [3.63, 3.8) is 0 Å². The summed E-state index contributed by atoms with van der Waals surface area (Å²) in [6.45, 7) is 2.33. The van der Waals surface area contributed by atoms with Crippen LogP contribution in [0.3, 0.4) is 0 Å². The van der Waals surface area contributed by atoms with Gasteiger partial charge in [-0.3, -0.25) is 0 Å². The molecule has 3 nitrogen and oxygen atoms in total. The lowest BCUT2D eigenvalue weighted by atomic mass is 10.8. The molecule has 0 atom stereocenters. The lowest BCUT2D eigenvalue weighted by Crippen LogP contribution is -2.24. The van der Waals surface area contributed by atoms with Crippen molar-refractivity contribution >= 4 is 10.0 Å². The Morgan fingerprint density at radius 1 is 1.44 bits per heavy atom. The molecule has 0 fully saturated rings. The fourth-order valence-electron chi connectivity index (χ4n) is 0.235. The standard InChI is InChI=1S/C4H11NO2S.CH4/c1-4-5(2)8(3,6)7;/h4H2,1-3H3;1H4. The van der Waals surface area contributed by atoms with Crippen LogP contribution in [-0.4, -0.2) is 32.6 Å². The minimum absolute atomic E-state index is 0. The summed E-state index contributed by atoms with van der Waals surface area (Å²) < 4.78 is 22.3. The van der Waals surface area contributed by atoms with Gasteiger partial charge in [-0.2, -0.15) is 0 Å². The van der Waals surface area contributed by atoms with Crippen molar-refractivity contribution < 1.29 is 8.42 Å². The highest BCUT2D eigenvalue weighted by molar-refractivity contribution is 7.88. The Bertz CT molecular complexity index is 150. The number of hydrogen-bond acceptors (Lipinski definition) is 2. The Balaban J connectivity index is 0. The van der Waals surface area contributed by atoms with Crippen LogP contribution in [0.5, 0.6) is 0 Å². The van der Waals surface area contributed by atoms with E-state index in [1.807, 2.05) is 0 Å². The van der Waals surface area contributed by atoms with E-state index >= 15 is 0 Å². The normalized spacial score (nSPS) is 11.1. The first-order valence-corrected chi connectivity index (χ1v) is 4.24. The number of nitrogens with zero attached hydrogens (tertiary/aromatic N) is 1. The molecule has 4 heteroatoms. The summed E-state index contributed by atoms with van der Waals surface area (Å²) in [6, 6.07) is 0. The first-order valence-electron chi connectivity index (χ1n) is 2.39. The fraction of sp³-hybridized carbons (Fsp3) is 1.00. The molecule has 58 valence electrons. The van der Waals surface area contributed by atoms with Gasteiger partial charge in [0.25, 0.3) is 0 Å². The summed E-state index contributed by atoms with van der Waals surface area (Å²) in [5.74, 6) is 0. The zero-order valence-electron chi connectivity index (χ0n) is 5.38. The predicted octanol–water partition coefficient (Wildman–Crippen LogP) is 0.534. The second kappa shape index (κ2) is 3.85. The molecule has 0 aromatic heterocycles. The molecule has 0 saturated heterocycles. The van der Waals surface area contributed by atoms with E-state index < -0.39 is 10.0 Å². The van der Waals surface area contributed by atoms with Crippen LogP contribution in [0.25, 0.3) is 0 Å². The van der Waals surface area contributed by atoms with Crippen molar-refractivity contribution in [3.05, 3.63) is 0 Å². The molecule has 0 aliphatic rings. The zero-order valence-corrected chi connectivity index (χ0v) is 6.20. The predicted molar refractivity (Wildman–Crippen MR) is 39.9 cm³/mol. The van der Waals surface area contributed by atoms with Gasteiger partial charge in [-0.25, -0.2) is 12.7 Å². The molecule has 0 aliphatic heterocycles. The van der Waals surface area contributed by atoms with E-state index in [1.165, 1.54) is 10.6 Å². The van der Waals surface area contributed by atoms with Crippen molar-refractivity contribution in [3.8, 4) is 0 Å². The van der Waals surface area contributed by atoms with Gasteiger partial charge in [0.05, 0.1) is 6.26 Å². The van der Waals surface area contributed by atoms with Crippen LogP contribution in [0.1, 0.15) is 14.4 Å². The molecule has 0 radical (unpaired) electrons. The minimum Gasteiger partial charge on any atom is -0.213 e. The van der Waals surface area contributed by atoms with E-state index in [1.54, 1.807) is 14.0 Å². The average Bonchev–Trinajstić information content (AvgIpc) is 1.62. The molecule has 0 aromatic rings. The van der Waals surface area contributed by atoms with Gasteiger partial charge in [0, 0.05) is 13.6 Å². The molecule has 0 spiro atoms. The maximum absolute atomic E-state index is 10.5.